The number of aryl methyl sites for hydroxylation is 1. The van der Waals surface area contributed by atoms with Crippen LogP contribution >= 0.6 is 0 Å². The maximum absolute atomic E-state index is 4.59. The van der Waals surface area contributed by atoms with Crippen LogP contribution in [0.4, 0.5) is 29.0 Å². The van der Waals surface area contributed by atoms with E-state index in [1.165, 1.54) is 5.69 Å². The summed E-state index contributed by atoms with van der Waals surface area (Å²) in [5.41, 5.74) is 3.78. The summed E-state index contributed by atoms with van der Waals surface area (Å²) in [4.78, 5) is 24.7. The lowest BCUT2D eigenvalue weighted by atomic mass is 10.2. The number of benzene rings is 1. The molecule has 4 aromatic rings. The van der Waals surface area contributed by atoms with Gasteiger partial charge in [0.15, 0.2) is 5.82 Å². The van der Waals surface area contributed by atoms with E-state index < -0.39 is 0 Å². The van der Waals surface area contributed by atoms with E-state index in [1.54, 1.807) is 24.5 Å². The molecule has 0 atom stereocenters. The second-order valence-corrected chi connectivity index (χ2v) is 7.73. The van der Waals surface area contributed by atoms with Gasteiger partial charge in [0.05, 0.1) is 0 Å². The first-order valence-corrected chi connectivity index (χ1v) is 10.9. The van der Waals surface area contributed by atoms with E-state index in [0.717, 1.165) is 43.3 Å². The first-order valence-electron chi connectivity index (χ1n) is 10.9. The second kappa shape index (κ2) is 9.58. The predicted octanol–water partition coefficient (Wildman–Crippen LogP) is 3.53. The second-order valence-electron chi connectivity index (χ2n) is 7.73. The normalized spacial score (nSPS) is 13.5. The zero-order valence-electron chi connectivity index (χ0n) is 18.4. The van der Waals surface area contributed by atoms with Gasteiger partial charge in [-0.15, -0.1) is 0 Å². The molecule has 0 spiro atoms. The van der Waals surface area contributed by atoms with Crippen molar-refractivity contribution in [3.05, 3.63) is 72.7 Å². The average molecular weight is 440 g/mol. The van der Waals surface area contributed by atoms with Crippen LogP contribution in [-0.4, -0.2) is 51.1 Å². The molecule has 3 aromatic heterocycles. The van der Waals surface area contributed by atoms with Crippen molar-refractivity contribution in [1.82, 2.24) is 30.2 Å². The van der Waals surface area contributed by atoms with Crippen molar-refractivity contribution in [2.45, 2.75) is 6.92 Å². The quantitative estimate of drug-likeness (QED) is 0.416. The van der Waals surface area contributed by atoms with Gasteiger partial charge in [-0.05, 0) is 49.4 Å². The zero-order valence-corrected chi connectivity index (χ0v) is 18.4. The van der Waals surface area contributed by atoms with Crippen LogP contribution in [0, 0.1) is 6.92 Å². The fourth-order valence-corrected chi connectivity index (χ4v) is 3.67. The van der Waals surface area contributed by atoms with Crippen molar-refractivity contribution >= 4 is 29.0 Å². The Labute approximate surface area is 192 Å². The van der Waals surface area contributed by atoms with Crippen molar-refractivity contribution in [3.63, 3.8) is 0 Å². The van der Waals surface area contributed by atoms with Crippen molar-refractivity contribution in [3.8, 4) is 11.5 Å². The van der Waals surface area contributed by atoms with Crippen molar-refractivity contribution in [2.24, 2.45) is 0 Å². The molecule has 9 heteroatoms. The molecule has 3 N–H and O–H groups in total. The highest BCUT2D eigenvalue weighted by Crippen LogP contribution is 2.23. The van der Waals surface area contributed by atoms with Gasteiger partial charge >= 0.3 is 0 Å². The fraction of sp³-hybridized carbons (Fsp3) is 0.208. The number of rotatable bonds is 6. The molecule has 0 radical (unpaired) electrons. The van der Waals surface area contributed by atoms with Gasteiger partial charge in [-0.1, -0.05) is 12.1 Å². The molecular weight excluding hydrogens is 414 g/mol. The molecule has 0 saturated carbocycles. The summed E-state index contributed by atoms with van der Waals surface area (Å²) < 4.78 is 0. The third-order valence-corrected chi connectivity index (χ3v) is 5.27. The van der Waals surface area contributed by atoms with Crippen LogP contribution in [0.25, 0.3) is 11.5 Å². The lowest BCUT2D eigenvalue weighted by Gasteiger charge is -2.29. The SMILES string of the molecule is Cc1cccc(-c2nccc(Nc3ccnc(Nc4cccc(N5CCNCC5)c4)n3)n2)n1. The molecule has 0 aliphatic carbocycles. The van der Waals surface area contributed by atoms with Crippen LogP contribution in [0.15, 0.2) is 67.0 Å². The summed E-state index contributed by atoms with van der Waals surface area (Å²) in [6.45, 7) is 5.94. The molecular formula is C24H25N9. The largest absolute Gasteiger partial charge is 0.369 e. The summed E-state index contributed by atoms with van der Waals surface area (Å²) in [6, 6.07) is 17.7. The van der Waals surface area contributed by atoms with Gasteiger partial charge in [0.25, 0.3) is 0 Å². The number of pyridine rings is 1. The Morgan fingerprint density at radius 2 is 1.61 bits per heavy atom. The number of hydrogen-bond donors (Lipinski definition) is 3. The van der Waals surface area contributed by atoms with Gasteiger partial charge in [-0.2, -0.15) is 4.98 Å². The Kier molecular flexibility index (Phi) is 6.03. The van der Waals surface area contributed by atoms with Crippen LogP contribution < -0.4 is 20.9 Å². The van der Waals surface area contributed by atoms with Crippen LogP contribution in [-0.2, 0) is 0 Å². The molecule has 4 heterocycles. The van der Waals surface area contributed by atoms with Crippen molar-refractivity contribution < 1.29 is 0 Å². The number of nitrogens with zero attached hydrogens (tertiary/aromatic N) is 6. The minimum Gasteiger partial charge on any atom is -0.369 e. The first kappa shape index (κ1) is 20.8. The molecule has 0 unspecified atom stereocenters. The van der Waals surface area contributed by atoms with E-state index in [9.17, 15) is 0 Å². The maximum Gasteiger partial charge on any atom is 0.229 e. The van der Waals surface area contributed by atoms with E-state index >= 15 is 0 Å². The van der Waals surface area contributed by atoms with Gasteiger partial charge in [0, 0.05) is 55.6 Å². The number of piperazine rings is 1. The highest BCUT2D eigenvalue weighted by molar-refractivity contribution is 5.63. The van der Waals surface area contributed by atoms with Gasteiger partial charge in [-0.3, -0.25) is 0 Å². The minimum absolute atomic E-state index is 0.507. The van der Waals surface area contributed by atoms with Crippen LogP contribution in [0.3, 0.4) is 0 Å². The molecule has 0 amide bonds. The minimum atomic E-state index is 0.507. The number of hydrogen-bond acceptors (Lipinski definition) is 9. The Balaban J connectivity index is 1.31. The lowest BCUT2D eigenvalue weighted by Crippen LogP contribution is -2.43. The summed E-state index contributed by atoms with van der Waals surface area (Å²) >= 11 is 0. The summed E-state index contributed by atoms with van der Waals surface area (Å²) in [7, 11) is 0. The van der Waals surface area contributed by atoms with E-state index in [0.29, 0.717) is 23.4 Å². The van der Waals surface area contributed by atoms with Crippen LogP contribution in [0.2, 0.25) is 0 Å². The first-order chi connectivity index (χ1) is 16.2. The summed E-state index contributed by atoms with van der Waals surface area (Å²) in [5.74, 6) is 2.33. The highest BCUT2D eigenvalue weighted by atomic mass is 15.2. The molecule has 1 saturated heterocycles. The van der Waals surface area contributed by atoms with Gasteiger partial charge < -0.3 is 20.9 Å². The van der Waals surface area contributed by atoms with E-state index in [1.807, 2.05) is 37.3 Å². The van der Waals surface area contributed by atoms with E-state index in [-0.39, 0.29) is 0 Å². The van der Waals surface area contributed by atoms with Gasteiger partial charge in [0.2, 0.25) is 5.95 Å². The molecule has 9 nitrogen and oxygen atoms in total. The van der Waals surface area contributed by atoms with Gasteiger partial charge in [0.1, 0.15) is 17.3 Å². The summed E-state index contributed by atoms with van der Waals surface area (Å²) in [5, 5.41) is 9.92. The van der Waals surface area contributed by atoms with Crippen molar-refractivity contribution in [2.75, 3.05) is 41.7 Å². The third kappa shape index (κ3) is 5.21. The summed E-state index contributed by atoms with van der Waals surface area (Å²) in [6.07, 6.45) is 3.42. The van der Waals surface area contributed by atoms with Gasteiger partial charge in [-0.25, -0.2) is 19.9 Å². The van der Waals surface area contributed by atoms with Crippen LogP contribution in [0.1, 0.15) is 5.69 Å². The molecule has 1 aromatic carbocycles. The molecule has 1 aliphatic rings. The number of aromatic nitrogens is 5. The Morgan fingerprint density at radius 1 is 0.818 bits per heavy atom. The Bertz CT molecular complexity index is 1240. The monoisotopic (exact) mass is 439 g/mol. The topological polar surface area (TPSA) is 104 Å². The number of nitrogens with one attached hydrogen (secondary N) is 3. The molecule has 166 valence electrons. The highest BCUT2D eigenvalue weighted by Gasteiger charge is 2.11. The molecule has 5 rings (SSSR count). The smallest absolute Gasteiger partial charge is 0.229 e. The van der Waals surface area contributed by atoms with Crippen molar-refractivity contribution in [1.29, 1.82) is 0 Å². The Hall–Kier alpha value is -4.11. The lowest BCUT2D eigenvalue weighted by molar-refractivity contribution is 0.589. The Morgan fingerprint density at radius 3 is 2.45 bits per heavy atom. The standard InChI is InChI=1S/C24H25N9/c1-17-4-2-7-20(28-17)23-26-10-8-21(31-23)30-22-9-11-27-24(32-22)29-18-5-3-6-19(16-18)33-14-12-25-13-15-33/h2-11,16,25H,12-15H2,1H3,(H2,26,27,29,30,31,32). The fourth-order valence-electron chi connectivity index (χ4n) is 3.67. The maximum atomic E-state index is 4.59. The van der Waals surface area contributed by atoms with Crippen LogP contribution in [0.5, 0.6) is 0 Å². The number of anilines is 5. The molecule has 33 heavy (non-hydrogen) atoms. The van der Waals surface area contributed by atoms with E-state index in [2.05, 4.69) is 57.9 Å². The molecule has 1 fully saturated rings. The predicted molar refractivity (Wildman–Crippen MR) is 130 cm³/mol. The third-order valence-electron chi connectivity index (χ3n) is 5.27. The average Bonchev–Trinajstić information content (AvgIpc) is 2.85. The molecule has 0 bridgehead atoms. The zero-order chi connectivity index (χ0) is 22.5. The van der Waals surface area contributed by atoms with E-state index in [4.69, 9.17) is 0 Å². The molecule has 1 aliphatic heterocycles.